The van der Waals surface area contributed by atoms with Crippen molar-refractivity contribution < 1.29 is 4.92 Å². The average molecular weight is 353 g/mol. The van der Waals surface area contributed by atoms with Crippen molar-refractivity contribution in [2.24, 2.45) is 5.41 Å². The molecule has 2 saturated carbocycles. The summed E-state index contributed by atoms with van der Waals surface area (Å²) in [5, 5.41) is 14.4. The molecule has 114 valence electrons. The van der Waals surface area contributed by atoms with Crippen LogP contribution >= 0.6 is 15.9 Å². The predicted molar refractivity (Wildman–Crippen MR) is 87.6 cm³/mol. The van der Waals surface area contributed by atoms with Gasteiger partial charge in [-0.3, -0.25) is 10.1 Å². The number of hydrogen-bond acceptors (Lipinski definition) is 3. The summed E-state index contributed by atoms with van der Waals surface area (Å²) in [6.07, 6.45) is 10.6. The topological polar surface area (TPSA) is 55.2 Å². The summed E-state index contributed by atoms with van der Waals surface area (Å²) < 4.78 is 0.897. The predicted octanol–water partition coefficient (Wildman–Crippen LogP) is 5.27. The summed E-state index contributed by atoms with van der Waals surface area (Å²) >= 11 is 3.48. The molecule has 0 aliphatic heterocycles. The fraction of sp³-hybridized carbons (Fsp3) is 0.625. The third kappa shape index (κ3) is 3.23. The molecule has 4 nitrogen and oxygen atoms in total. The van der Waals surface area contributed by atoms with E-state index in [0.29, 0.717) is 11.5 Å². The second-order valence-corrected chi connectivity index (χ2v) is 7.40. The normalized spacial score (nSPS) is 21.6. The molecule has 0 heterocycles. The molecular formula is C16H21BrN2O2. The van der Waals surface area contributed by atoms with Gasteiger partial charge in [0.05, 0.1) is 10.6 Å². The quantitative estimate of drug-likeness (QED) is 0.595. The Morgan fingerprint density at radius 3 is 2.48 bits per heavy atom. The minimum atomic E-state index is -0.341. The van der Waals surface area contributed by atoms with E-state index in [-0.39, 0.29) is 10.6 Å². The van der Waals surface area contributed by atoms with E-state index in [4.69, 9.17) is 0 Å². The van der Waals surface area contributed by atoms with E-state index >= 15 is 0 Å². The lowest BCUT2D eigenvalue weighted by atomic mass is 9.71. The molecule has 1 spiro atoms. The van der Waals surface area contributed by atoms with Gasteiger partial charge in [0, 0.05) is 22.6 Å². The lowest BCUT2D eigenvalue weighted by Gasteiger charge is -2.38. The van der Waals surface area contributed by atoms with E-state index in [1.807, 2.05) is 0 Å². The molecule has 0 radical (unpaired) electrons. The number of halogens is 1. The first-order valence-corrected chi connectivity index (χ1v) is 8.58. The van der Waals surface area contributed by atoms with Crippen LogP contribution in [0.4, 0.5) is 11.4 Å². The summed E-state index contributed by atoms with van der Waals surface area (Å²) in [4.78, 5) is 10.5. The smallest absolute Gasteiger partial charge is 0.271 e. The first kappa shape index (κ1) is 14.8. The van der Waals surface area contributed by atoms with Gasteiger partial charge in [-0.2, -0.15) is 0 Å². The van der Waals surface area contributed by atoms with Crippen molar-refractivity contribution in [1.29, 1.82) is 0 Å². The van der Waals surface area contributed by atoms with Crippen molar-refractivity contribution in [2.45, 2.75) is 57.4 Å². The van der Waals surface area contributed by atoms with Crippen molar-refractivity contribution in [2.75, 3.05) is 5.32 Å². The van der Waals surface area contributed by atoms with Crippen molar-refractivity contribution in [1.82, 2.24) is 0 Å². The summed E-state index contributed by atoms with van der Waals surface area (Å²) in [6, 6.07) is 5.35. The van der Waals surface area contributed by atoms with E-state index in [1.54, 1.807) is 12.1 Å². The van der Waals surface area contributed by atoms with Gasteiger partial charge in [0.15, 0.2) is 0 Å². The number of nitro benzene ring substituents is 1. The molecule has 1 aromatic rings. The SMILES string of the molecule is O=[N+]([O-])c1ccc(Br)c(NC2CCC3(CCCC3)CC2)c1. The molecule has 3 rings (SSSR count). The summed E-state index contributed by atoms with van der Waals surface area (Å²) in [6.45, 7) is 0. The van der Waals surface area contributed by atoms with Gasteiger partial charge in [0.25, 0.3) is 5.69 Å². The highest BCUT2D eigenvalue weighted by Crippen LogP contribution is 2.49. The van der Waals surface area contributed by atoms with Gasteiger partial charge >= 0.3 is 0 Å². The van der Waals surface area contributed by atoms with E-state index in [0.717, 1.165) is 10.2 Å². The highest BCUT2D eigenvalue weighted by molar-refractivity contribution is 9.10. The highest BCUT2D eigenvalue weighted by Gasteiger charge is 2.37. The number of hydrogen-bond donors (Lipinski definition) is 1. The minimum absolute atomic E-state index is 0.142. The Balaban J connectivity index is 1.65. The van der Waals surface area contributed by atoms with Gasteiger partial charge in [-0.05, 0) is 65.9 Å². The zero-order valence-corrected chi connectivity index (χ0v) is 13.7. The molecule has 2 aliphatic rings. The molecule has 0 amide bonds. The Morgan fingerprint density at radius 1 is 1.19 bits per heavy atom. The van der Waals surface area contributed by atoms with Crippen LogP contribution in [0.3, 0.4) is 0 Å². The second-order valence-electron chi connectivity index (χ2n) is 6.55. The molecule has 2 fully saturated rings. The number of rotatable bonds is 3. The average Bonchev–Trinajstić information content (AvgIpc) is 2.92. The van der Waals surface area contributed by atoms with Gasteiger partial charge in [0.2, 0.25) is 0 Å². The van der Waals surface area contributed by atoms with Gasteiger partial charge in [-0.25, -0.2) is 0 Å². The summed E-state index contributed by atoms with van der Waals surface area (Å²) in [7, 11) is 0. The number of nitrogens with one attached hydrogen (secondary N) is 1. The minimum Gasteiger partial charge on any atom is -0.381 e. The first-order valence-electron chi connectivity index (χ1n) is 7.79. The van der Waals surface area contributed by atoms with Crippen molar-refractivity contribution in [3.8, 4) is 0 Å². The largest absolute Gasteiger partial charge is 0.381 e. The zero-order chi connectivity index (χ0) is 14.9. The maximum Gasteiger partial charge on any atom is 0.271 e. The van der Waals surface area contributed by atoms with Crippen LogP contribution in [0.5, 0.6) is 0 Å². The number of non-ortho nitro benzene ring substituents is 1. The molecule has 0 bridgehead atoms. The first-order chi connectivity index (χ1) is 10.1. The van der Waals surface area contributed by atoms with Crippen LogP contribution in [0, 0.1) is 15.5 Å². The lowest BCUT2D eigenvalue weighted by molar-refractivity contribution is -0.384. The molecular weight excluding hydrogens is 332 g/mol. The monoisotopic (exact) mass is 352 g/mol. The van der Waals surface area contributed by atoms with E-state index < -0.39 is 0 Å². The number of anilines is 1. The van der Waals surface area contributed by atoms with Crippen LogP contribution in [0.2, 0.25) is 0 Å². The fourth-order valence-electron chi connectivity index (χ4n) is 3.96. The summed E-state index contributed by atoms with van der Waals surface area (Å²) in [5.74, 6) is 0. The molecule has 0 aromatic heterocycles. The molecule has 0 unspecified atom stereocenters. The maximum atomic E-state index is 10.9. The Morgan fingerprint density at radius 2 is 1.86 bits per heavy atom. The van der Waals surface area contributed by atoms with E-state index in [1.165, 1.54) is 57.4 Å². The van der Waals surface area contributed by atoms with Crippen LogP contribution in [0.15, 0.2) is 22.7 Å². The number of nitrogens with zero attached hydrogens (tertiary/aromatic N) is 1. The Bertz CT molecular complexity index is 531. The third-order valence-corrected chi connectivity index (χ3v) is 5.92. The molecule has 0 saturated heterocycles. The van der Waals surface area contributed by atoms with Crippen LogP contribution < -0.4 is 5.32 Å². The van der Waals surface area contributed by atoms with Gasteiger partial charge < -0.3 is 5.32 Å². The molecule has 1 N–H and O–H groups in total. The number of benzene rings is 1. The van der Waals surface area contributed by atoms with Crippen molar-refractivity contribution >= 4 is 27.3 Å². The van der Waals surface area contributed by atoms with Crippen molar-refractivity contribution in [3.63, 3.8) is 0 Å². The standard InChI is InChI=1S/C16H21BrN2O2/c17-14-4-3-13(19(20)21)11-15(14)18-12-5-9-16(10-6-12)7-1-2-8-16/h3-4,11-12,18H,1-2,5-10H2. The second kappa shape index (κ2) is 5.95. The van der Waals surface area contributed by atoms with Gasteiger partial charge in [-0.1, -0.05) is 12.8 Å². The molecule has 21 heavy (non-hydrogen) atoms. The fourth-order valence-corrected chi connectivity index (χ4v) is 4.32. The van der Waals surface area contributed by atoms with Crippen LogP contribution in [-0.4, -0.2) is 11.0 Å². The maximum absolute atomic E-state index is 10.9. The van der Waals surface area contributed by atoms with Gasteiger partial charge in [-0.15, -0.1) is 0 Å². The lowest BCUT2D eigenvalue weighted by Crippen LogP contribution is -2.31. The van der Waals surface area contributed by atoms with Crippen molar-refractivity contribution in [3.05, 3.63) is 32.8 Å². The third-order valence-electron chi connectivity index (χ3n) is 5.23. The van der Waals surface area contributed by atoms with E-state index in [2.05, 4.69) is 21.2 Å². The van der Waals surface area contributed by atoms with Crippen LogP contribution in [0.1, 0.15) is 51.4 Å². The zero-order valence-electron chi connectivity index (χ0n) is 12.1. The summed E-state index contributed by atoms with van der Waals surface area (Å²) in [5.41, 5.74) is 1.61. The molecule has 2 aliphatic carbocycles. The van der Waals surface area contributed by atoms with Crippen LogP contribution in [0.25, 0.3) is 0 Å². The Kier molecular flexibility index (Phi) is 4.20. The van der Waals surface area contributed by atoms with Gasteiger partial charge in [0.1, 0.15) is 0 Å². The molecule has 1 aromatic carbocycles. The Labute approximate surface area is 133 Å². The molecule has 0 atom stereocenters. The Hall–Kier alpha value is -1.10. The molecule has 5 heteroatoms. The van der Waals surface area contributed by atoms with Crippen LogP contribution in [-0.2, 0) is 0 Å². The highest BCUT2D eigenvalue weighted by atomic mass is 79.9. The number of nitro groups is 1. The van der Waals surface area contributed by atoms with E-state index in [9.17, 15) is 10.1 Å².